The zero-order valence-corrected chi connectivity index (χ0v) is 15.4. The summed E-state index contributed by atoms with van der Waals surface area (Å²) in [4.78, 5) is 25.4. The summed E-state index contributed by atoms with van der Waals surface area (Å²) in [6, 6.07) is 14.7. The molecule has 2 aromatic carbocycles. The first-order valence-electron chi connectivity index (χ1n) is 9.25. The highest BCUT2D eigenvalue weighted by Gasteiger charge is 2.28. The van der Waals surface area contributed by atoms with Gasteiger partial charge in [0, 0.05) is 13.1 Å². The maximum atomic E-state index is 13.8. The number of carboxylic acids is 1. The third kappa shape index (κ3) is 5.00. The number of nitrogens with one attached hydrogen (secondary N) is 1. The summed E-state index contributed by atoms with van der Waals surface area (Å²) in [5.41, 5.74) is 0.840. The van der Waals surface area contributed by atoms with E-state index < -0.39 is 23.7 Å². The number of benzene rings is 2. The Kier molecular flexibility index (Phi) is 6.47. The summed E-state index contributed by atoms with van der Waals surface area (Å²) in [5.74, 6) is -1.56. The number of urea groups is 1. The van der Waals surface area contributed by atoms with Gasteiger partial charge in [0.05, 0.1) is 12.0 Å². The highest BCUT2D eigenvalue weighted by atomic mass is 19.1. The van der Waals surface area contributed by atoms with E-state index in [1.807, 2.05) is 30.3 Å². The number of para-hydroxylation sites is 1. The Labute approximate surface area is 162 Å². The highest BCUT2D eigenvalue weighted by molar-refractivity contribution is 5.76. The first-order chi connectivity index (χ1) is 13.5. The standard InChI is InChI=1S/C21H23FN2O4/c22-17-8-4-5-9-19(17)28-14-18(15-6-2-1-3-7-15)23-21(27)24-12-10-16(11-13-24)20(25)26/h1-9,16,18H,10-14H2,(H,23,27)(H,25,26). The van der Waals surface area contributed by atoms with Gasteiger partial charge < -0.3 is 20.1 Å². The Morgan fingerprint density at radius 1 is 1.11 bits per heavy atom. The Hall–Kier alpha value is -3.09. The number of hydrogen-bond acceptors (Lipinski definition) is 3. The quantitative estimate of drug-likeness (QED) is 0.797. The number of carbonyl (C=O) groups is 2. The van der Waals surface area contributed by atoms with Crippen molar-refractivity contribution in [1.29, 1.82) is 0 Å². The summed E-state index contributed by atoms with van der Waals surface area (Å²) in [5, 5.41) is 12.0. The van der Waals surface area contributed by atoms with E-state index in [1.54, 1.807) is 17.0 Å². The molecule has 2 N–H and O–H groups in total. The van der Waals surface area contributed by atoms with Crippen LogP contribution >= 0.6 is 0 Å². The summed E-state index contributed by atoms with van der Waals surface area (Å²) in [6.07, 6.45) is 0.870. The van der Waals surface area contributed by atoms with Crippen LogP contribution < -0.4 is 10.1 Å². The number of ether oxygens (including phenoxy) is 1. The summed E-state index contributed by atoms with van der Waals surface area (Å²) in [6.45, 7) is 0.846. The molecule has 1 unspecified atom stereocenters. The van der Waals surface area contributed by atoms with E-state index in [4.69, 9.17) is 9.84 Å². The van der Waals surface area contributed by atoms with Crippen molar-refractivity contribution in [2.24, 2.45) is 5.92 Å². The number of carboxylic acid groups (broad SMARTS) is 1. The first kappa shape index (κ1) is 19.7. The Morgan fingerprint density at radius 3 is 2.39 bits per heavy atom. The topological polar surface area (TPSA) is 78.9 Å². The summed E-state index contributed by atoms with van der Waals surface area (Å²) in [7, 11) is 0. The molecule has 0 bridgehead atoms. The number of halogens is 1. The molecule has 0 aromatic heterocycles. The van der Waals surface area contributed by atoms with Crippen LogP contribution in [0.5, 0.6) is 5.75 Å². The van der Waals surface area contributed by atoms with Crippen molar-refractivity contribution in [2.75, 3.05) is 19.7 Å². The van der Waals surface area contributed by atoms with Crippen LogP contribution in [0.2, 0.25) is 0 Å². The lowest BCUT2D eigenvalue weighted by Gasteiger charge is -2.32. The molecule has 1 aliphatic heterocycles. The molecule has 148 valence electrons. The van der Waals surface area contributed by atoms with Gasteiger partial charge in [-0.25, -0.2) is 9.18 Å². The van der Waals surface area contributed by atoms with E-state index in [1.165, 1.54) is 12.1 Å². The van der Waals surface area contributed by atoms with Crippen molar-refractivity contribution >= 4 is 12.0 Å². The monoisotopic (exact) mass is 386 g/mol. The highest BCUT2D eigenvalue weighted by Crippen LogP contribution is 2.21. The zero-order chi connectivity index (χ0) is 19.9. The van der Waals surface area contributed by atoms with Crippen LogP contribution in [0.15, 0.2) is 54.6 Å². The minimum atomic E-state index is -0.819. The molecule has 1 heterocycles. The van der Waals surface area contributed by atoms with Crippen molar-refractivity contribution in [1.82, 2.24) is 10.2 Å². The van der Waals surface area contributed by atoms with E-state index in [9.17, 15) is 14.0 Å². The third-order valence-corrected chi connectivity index (χ3v) is 4.87. The molecule has 0 radical (unpaired) electrons. The SMILES string of the molecule is O=C(O)C1CCN(C(=O)NC(COc2ccccc2F)c2ccccc2)CC1. The number of amides is 2. The molecule has 6 nitrogen and oxygen atoms in total. The molecule has 1 saturated heterocycles. The lowest BCUT2D eigenvalue weighted by molar-refractivity contribution is -0.143. The number of aliphatic carboxylic acids is 1. The maximum absolute atomic E-state index is 13.8. The van der Waals surface area contributed by atoms with Crippen LogP contribution in [0.25, 0.3) is 0 Å². The Morgan fingerprint density at radius 2 is 1.75 bits per heavy atom. The van der Waals surface area contributed by atoms with Crippen LogP contribution in [0.4, 0.5) is 9.18 Å². The van der Waals surface area contributed by atoms with Gasteiger partial charge in [0.25, 0.3) is 0 Å². The van der Waals surface area contributed by atoms with Crippen LogP contribution in [0.3, 0.4) is 0 Å². The number of nitrogens with zero attached hydrogens (tertiary/aromatic N) is 1. The number of rotatable bonds is 6. The second-order valence-electron chi connectivity index (χ2n) is 6.75. The second kappa shape index (κ2) is 9.21. The average molecular weight is 386 g/mol. The Balaban J connectivity index is 1.65. The lowest BCUT2D eigenvalue weighted by Crippen LogP contribution is -2.47. The van der Waals surface area contributed by atoms with Gasteiger partial charge in [-0.05, 0) is 30.5 Å². The minimum Gasteiger partial charge on any atom is -0.488 e. The number of hydrogen-bond donors (Lipinski definition) is 2. The average Bonchev–Trinajstić information content (AvgIpc) is 2.72. The number of piperidine rings is 1. The number of carbonyl (C=O) groups excluding carboxylic acids is 1. The molecule has 1 aliphatic rings. The van der Waals surface area contributed by atoms with Crippen molar-refractivity contribution < 1.29 is 23.8 Å². The third-order valence-electron chi connectivity index (χ3n) is 4.87. The molecule has 3 rings (SSSR count). The van der Waals surface area contributed by atoms with Gasteiger partial charge in [0.1, 0.15) is 6.61 Å². The molecule has 2 amide bonds. The van der Waals surface area contributed by atoms with E-state index >= 15 is 0 Å². The molecule has 0 aliphatic carbocycles. The molecule has 1 fully saturated rings. The van der Waals surface area contributed by atoms with Crippen LogP contribution in [0.1, 0.15) is 24.4 Å². The summed E-state index contributed by atoms with van der Waals surface area (Å²) >= 11 is 0. The molecular formula is C21H23FN2O4. The van der Waals surface area contributed by atoms with Crippen molar-refractivity contribution in [3.8, 4) is 5.75 Å². The van der Waals surface area contributed by atoms with Gasteiger partial charge >= 0.3 is 12.0 Å². The molecule has 7 heteroatoms. The Bertz CT molecular complexity index is 807. The molecule has 0 saturated carbocycles. The van der Waals surface area contributed by atoms with Gasteiger partial charge in [-0.1, -0.05) is 42.5 Å². The molecule has 0 spiro atoms. The smallest absolute Gasteiger partial charge is 0.317 e. The van der Waals surface area contributed by atoms with E-state index in [0.29, 0.717) is 25.9 Å². The summed E-state index contributed by atoms with van der Waals surface area (Å²) < 4.78 is 19.4. The van der Waals surface area contributed by atoms with Crippen LogP contribution in [-0.2, 0) is 4.79 Å². The van der Waals surface area contributed by atoms with Gasteiger partial charge in [-0.3, -0.25) is 4.79 Å². The fraction of sp³-hybridized carbons (Fsp3) is 0.333. The van der Waals surface area contributed by atoms with Crippen molar-refractivity contribution in [3.63, 3.8) is 0 Å². The van der Waals surface area contributed by atoms with Gasteiger partial charge in [-0.2, -0.15) is 0 Å². The molecular weight excluding hydrogens is 363 g/mol. The fourth-order valence-electron chi connectivity index (χ4n) is 3.21. The minimum absolute atomic E-state index is 0.0717. The largest absolute Gasteiger partial charge is 0.488 e. The molecule has 1 atom stereocenters. The van der Waals surface area contributed by atoms with E-state index in [0.717, 1.165) is 5.56 Å². The molecule has 2 aromatic rings. The first-order valence-corrected chi connectivity index (χ1v) is 9.25. The van der Waals surface area contributed by atoms with Gasteiger partial charge in [-0.15, -0.1) is 0 Å². The lowest BCUT2D eigenvalue weighted by atomic mass is 9.97. The van der Waals surface area contributed by atoms with Crippen molar-refractivity contribution in [3.05, 3.63) is 66.0 Å². The fourth-order valence-corrected chi connectivity index (χ4v) is 3.21. The van der Waals surface area contributed by atoms with Crippen LogP contribution in [0, 0.1) is 11.7 Å². The normalized spacial score (nSPS) is 15.7. The van der Waals surface area contributed by atoms with Gasteiger partial charge in [0.2, 0.25) is 0 Å². The van der Waals surface area contributed by atoms with E-state index in [-0.39, 0.29) is 18.4 Å². The maximum Gasteiger partial charge on any atom is 0.317 e. The van der Waals surface area contributed by atoms with Crippen LogP contribution in [-0.4, -0.2) is 41.7 Å². The molecule has 28 heavy (non-hydrogen) atoms. The second-order valence-corrected chi connectivity index (χ2v) is 6.75. The van der Waals surface area contributed by atoms with Gasteiger partial charge in [0.15, 0.2) is 11.6 Å². The zero-order valence-electron chi connectivity index (χ0n) is 15.4. The van der Waals surface area contributed by atoms with E-state index in [2.05, 4.69) is 5.32 Å². The number of likely N-dealkylation sites (tertiary alicyclic amines) is 1. The predicted octanol–water partition coefficient (Wildman–Crippen LogP) is 3.45. The predicted molar refractivity (Wildman–Crippen MR) is 102 cm³/mol. The van der Waals surface area contributed by atoms with Crippen molar-refractivity contribution in [2.45, 2.75) is 18.9 Å².